The molecule has 2 aliphatic rings. The molecule has 0 bridgehead atoms. The predicted octanol–water partition coefficient (Wildman–Crippen LogP) is 0.854. The van der Waals surface area contributed by atoms with Gasteiger partial charge < -0.3 is 14.8 Å². The van der Waals surface area contributed by atoms with Gasteiger partial charge in [0.25, 0.3) is 5.91 Å². The van der Waals surface area contributed by atoms with E-state index in [1.165, 1.54) is 20.2 Å². The van der Waals surface area contributed by atoms with Crippen molar-refractivity contribution in [1.82, 2.24) is 9.62 Å². The first-order valence-corrected chi connectivity index (χ1v) is 9.66. The summed E-state index contributed by atoms with van der Waals surface area (Å²) in [5.74, 6) is -0.0183. The number of carbonyl (C=O) groups excluding carboxylic acids is 1. The van der Waals surface area contributed by atoms with Gasteiger partial charge in [-0.2, -0.15) is 8.42 Å². The molecule has 0 aliphatic carbocycles. The molecule has 0 radical (unpaired) electrons. The van der Waals surface area contributed by atoms with E-state index in [4.69, 9.17) is 9.47 Å². The second-order valence-corrected chi connectivity index (χ2v) is 7.62. The summed E-state index contributed by atoms with van der Waals surface area (Å²) in [7, 11) is -1.22. The van der Waals surface area contributed by atoms with E-state index in [1.54, 1.807) is 24.3 Å². The van der Waals surface area contributed by atoms with Gasteiger partial charge in [-0.15, -0.1) is 4.40 Å². The van der Waals surface area contributed by atoms with Crippen LogP contribution in [0.5, 0.6) is 5.75 Å². The number of carbonyl (C=O) groups is 1. The van der Waals surface area contributed by atoms with Gasteiger partial charge in [0.05, 0.1) is 18.9 Å². The fraction of sp³-hybridized carbons (Fsp3) is 0.412. The number of methoxy groups -OCH3 is 1. The van der Waals surface area contributed by atoms with Crippen molar-refractivity contribution in [2.24, 2.45) is 4.40 Å². The van der Waals surface area contributed by atoms with E-state index in [2.05, 4.69) is 9.71 Å². The minimum Gasteiger partial charge on any atom is -0.496 e. The second kappa shape index (κ2) is 7.46. The maximum absolute atomic E-state index is 12.6. The van der Waals surface area contributed by atoms with Crippen LogP contribution in [0, 0.1) is 0 Å². The van der Waals surface area contributed by atoms with Crippen LogP contribution in [0.4, 0.5) is 0 Å². The Hall–Kier alpha value is -2.39. The number of allylic oxidation sites excluding steroid dienone is 1. The van der Waals surface area contributed by atoms with Gasteiger partial charge in [0, 0.05) is 25.8 Å². The number of nitrogens with zero attached hydrogens (tertiary/aromatic N) is 2. The molecule has 2 aliphatic heterocycles. The van der Waals surface area contributed by atoms with Crippen LogP contribution >= 0.6 is 0 Å². The highest BCUT2D eigenvalue weighted by molar-refractivity contribution is 7.88. The van der Waals surface area contributed by atoms with Crippen molar-refractivity contribution in [3.05, 3.63) is 41.6 Å². The summed E-state index contributed by atoms with van der Waals surface area (Å²) in [6.07, 6.45) is 3.25. The number of ether oxygens (including phenoxy) is 2. The Morgan fingerprint density at radius 3 is 2.88 bits per heavy atom. The number of hydrogen-bond acceptors (Lipinski definition) is 5. The lowest BCUT2D eigenvalue weighted by atomic mass is 10.1. The van der Waals surface area contributed by atoms with Gasteiger partial charge in [0.15, 0.2) is 0 Å². The highest BCUT2D eigenvalue weighted by Crippen LogP contribution is 2.25. The molecule has 0 saturated carbocycles. The highest BCUT2D eigenvalue weighted by atomic mass is 32.2. The van der Waals surface area contributed by atoms with E-state index in [-0.39, 0.29) is 17.5 Å². The number of nitrogens with one attached hydrogen (secondary N) is 1. The first-order valence-electron chi connectivity index (χ1n) is 8.26. The van der Waals surface area contributed by atoms with Crippen LogP contribution in [0.2, 0.25) is 0 Å². The van der Waals surface area contributed by atoms with Gasteiger partial charge in [-0.25, -0.2) is 4.31 Å². The van der Waals surface area contributed by atoms with Crippen LogP contribution in [0.1, 0.15) is 18.4 Å². The number of rotatable bonds is 5. The third kappa shape index (κ3) is 3.73. The summed E-state index contributed by atoms with van der Waals surface area (Å²) in [6, 6.07) is 6.91. The van der Waals surface area contributed by atoms with Crippen molar-refractivity contribution in [3.8, 4) is 5.75 Å². The molecule has 2 heterocycles. The molecule has 1 saturated heterocycles. The first-order chi connectivity index (χ1) is 12.4. The molecule has 1 aromatic carbocycles. The quantitative estimate of drug-likeness (QED) is 0.818. The van der Waals surface area contributed by atoms with Gasteiger partial charge in [-0.05, 0) is 31.1 Å². The van der Waals surface area contributed by atoms with E-state index < -0.39 is 16.1 Å². The summed E-state index contributed by atoms with van der Waals surface area (Å²) >= 11 is 0. The zero-order chi connectivity index (χ0) is 18.7. The summed E-state index contributed by atoms with van der Waals surface area (Å²) in [6.45, 7) is 1.02. The van der Waals surface area contributed by atoms with Gasteiger partial charge in [0.2, 0.25) is 0 Å². The third-order valence-electron chi connectivity index (χ3n) is 4.30. The van der Waals surface area contributed by atoms with Crippen molar-refractivity contribution in [2.75, 3.05) is 27.3 Å². The summed E-state index contributed by atoms with van der Waals surface area (Å²) in [4.78, 5) is 12.6. The van der Waals surface area contributed by atoms with Crippen molar-refractivity contribution in [1.29, 1.82) is 0 Å². The molecule has 0 aromatic heterocycles. The molecule has 8 nitrogen and oxygen atoms in total. The Labute approximate surface area is 152 Å². The largest absolute Gasteiger partial charge is 0.496 e. The van der Waals surface area contributed by atoms with E-state index in [1.807, 2.05) is 0 Å². The number of amides is 1. The van der Waals surface area contributed by atoms with Crippen LogP contribution in [-0.2, 0) is 19.7 Å². The standard InChI is InChI=1S/C17H21N3O5S/c1-20-15(17(21)18-11-12-6-5-9-25-12)10-14(19-26(20,22)23)13-7-3-4-8-16(13)24-2/h3-4,7-8,10,12H,5-6,9,11H2,1-2H3,(H,18,21)/t12-/m0/s1. The highest BCUT2D eigenvalue weighted by Gasteiger charge is 2.31. The summed E-state index contributed by atoms with van der Waals surface area (Å²) in [5.41, 5.74) is 0.651. The molecule has 3 rings (SSSR count). The Morgan fingerprint density at radius 1 is 1.42 bits per heavy atom. The van der Waals surface area contributed by atoms with Gasteiger partial charge in [0.1, 0.15) is 11.4 Å². The zero-order valence-corrected chi connectivity index (χ0v) is 15.5. The number of benzene rings is 1. The first kappa shape index (κ1) is 18.4. The zero-order valence-electron chi connectivity index (χ0n) is 14.6. The molecule has 140 valence electrons. The SMILES string of the molecule is COc1ccccc1C1=NS(=O)(=O)N(C)C(C(=O)NC[C@@H]2CCCO2)=C1. The van der Waals surface area contributed by atoms with Crippen molar-refractivity contribution < 1.29 is 22.7 Å². The fourth-order valence-corrected chi connectivity index (χ4v) is 3.76. The molecule has 26 heavy (non-hydrogen) atoms. The molecule has 9 heteroatoms. The lowest BCUT2D eigenvalue weighted by Gasteiger charge is -2.24. The molecule has 1 amide bonds. The molecule has 1 N–H and O–H groups in total. The lowest BCUT2D eigenvalue weighted by molar-refractivity contribution is -0.118. The van der Waals surface area contributed by atoms with Crippen molar-refractivity contribution >= 4 is 21.8 Å². The van der Waals surface area contributed by atoms with E-state index in [0.29, 0.717) is 24.5 Å². The van der Waals surface area contributed by atoms with Gasteiger partial charge in [-0.1, -0.05) is 12.1 Å². The van der Waals surface area contributed by atoms with Crippen molar-refractivity contribution in [2.45, 2.75) is 18.9 Å². The second-order valence-electron chi connectivity index (χ2n) is 6.00. The fourth-order valence-electron chi connectivity index (χ4n) is 2.85. The van der Waals surface area contributed by atoms with E-state index in [9.17, 15) is 13.2 Å². The Kier molecular flexibility index (Phi) is 5.28. The smallest absolute Gasteiger partial charge is 0.345 e. The number of para-hydroxylation sites is 1. The minimum atomic E-state index is -4.01. The maximum atomic E-state index is 12.6. The Morgan fingerprint density at radius 2 is 2.19 bits per heavy atom. The molecule has 1 aromatic rings. The van der Waals surface area contributed by atoms with Crippen LogP contribution in [-0.4, -0.2) is 57.8 Å². The molecule has 0 spiro atoms. The normalized spacial score (nSPS) is 21.8. The van der Waals surface area contributed by atoms with Crippen LogP contribution in [0.15, 0.2) is 40.4 Å². The van der Waals surface area contributed by atoms with Crippen LogP contribution < -0.4 is 10.1 Å². The Bertz CT molecular complexity index is 857. The van der Waals surface area contributed by atoms with E-state index >= 15 is 0 Å². The van der Waals surface area contributed by atoms with Crippen molar-refractivity contribution in [3.63, 3.8) is 0 Å². The van der Waals surface area contributed by atoms with Gasteiger partial charge in [-0.3, -0.25) is 4.79 Å². The molecule has 0 unspecified atom stereocenters. The maximum Gasteiger partial charge on any atom is 0.345 e. The van der Waals surface area contributed by atoms with E-state index in [0.717, 1.165) is 17.1 Å². The van der Waals surface area contributed by atoms with Crippen LogP contribution in [0.25, 0.3) is 0 Å². The molecule has 1 atom stereocenters. The molecule has 1 fully saturated rings. The topological polar surface area (TPSA) is 97.3 Å². The summed E-state index contributed by atoms with van der Waals surface area (Å²) < 4.78 is 40.2. The monoisotopic (exact) mass is 379 g/mol. The minimum absolute atomic E-state index is 0.00102. The predicted molar refractivity (Wildman–Crippen MR) is 96.3 cm³/mol. The van der Waals surface area contributed by atoms with Gasteiger partial charge >= 0.3 is 10.2 Å². The van der Waals surface area contributed by atoms with Crippen LogP contribution in [0.3, 0.4) is 0 Å². The number of hydrogen-bond donors (Lipinski definition) is 1. The average molecular weight is 379 g/mol. The third-order valence-corrected chi connectivity index (χ3v) is 5.62. The molecular weight excluding hydrogens is 358 g/mol. The summed E-state index contributed by atoms with van der Waals surface area (Å²) in [5, 5.41) is 2.74. The average Bonchev–Trinajstić information content (AvgIpc) is 3.15. The number of likely N-dealkylation sites (N-methyl/N-ethyl adjacent to an activating group) is 1. The lowest BCUT2D eigenvalue weighted by Crippen LogP contribution is -2.40. The Balaban J connectivity index is 1.89. The molecular formula is C17H21N3O5S.